The summed E-state index contributed by atoms with van der Waals surface area (Å²) >= 11 is 0. The van der Waals surface area contributed by atoms with Crippen LogP contribution in [0, 0.1) is 0 Å². The van der Waals surface area contributed by atoms with Gasteiger partial charge in [-0.2, -0.15) is 8.42 Å². The molecule has 0 bridgehead atoms. The maximum absolute atomic E-state index is 9.99. The standard InChI is InChI=1S/C2H4O4S.Ca.H2O4S/c3-7(4)5-1-2-6-7;;1-5(2,3)4/h1-2H2;;(H2,1,2,3,4)/q;+2;/p-2. The van der Waals surface area contributed by atoms with E-state index in [-0.39, 0.29) is 51.0 Å². The van der Waals surface area contributed by atoms with Crippen molar-refractivity contribution in [2.45, 2.75) is 0 Å². The first-order chi connectivity index (χ1) is 5.21. The molecule has 0 spiro atoms. The molecule has 1 saturated heterocycles. The fourth-order valence-electron chi connectivity index (χ4n) is 0.306. The minimum absolute atomic E-state index is 0. The largest absolute Gasteiger partial charge is 2.00 e. The quantitative estimate of drug-likeness (QED) is 0.266. The Morgan fingerprint density at radius 2 is 1.31 bits per heavy atom. The van der Waals surface area contributed by atoms with E-state index in [0.29, 0.717) is 0 Å². The van der Waals surface area contributed by atoms with Crippen molar-refractivity contribution < 1.29 is 34.3 Å². The average molecular weight is 260 g/mol. The molecule has 1 heterocycles. The molecule has 1 rings (SSSR count). The van der Waals surface area contributed by atoms with Gasteiger partial charge in [0.1, 0.15) is 0 Å². The molecule has 0 aromatic rings. The van der Waals surface area contributed by atoms with E-state index in [1.54, 1.807) is 0 Å². The second-order valence-electron chi connectivity index (χ2n) is 1.46. The van der Waals surface area contributed by atoms with Crippen LogP contribution < -0.4 is 0 Å². The van der Waals surface area contributed by atoms with Crippen LogP contribution in [0.2, 0.25) is 0 Å². The molecule has 1 aliphatic rings. The van der Waals surface area contributed by atoms with Crippen LogP contribution in [0.1, 0.15) is 0 Å². The average Bonchev–Trinajstić information content (AvgIpc) is 2.08. The number of hydrogen-bond donors (Lipinski definition) is 0. The monoisotopic (exact) mass is 260 g/mol. The molecular weight excluding hydrogens is 256 g/mol. The summed E-state index contributed by atoms with van der Waals surface area (Å²) in [6, 6.07) is 0. The molecule has 11 heteroatoms. The Balaban J connectivity index is 0. The normalized spacial score (nSPS) is 19.5. The molecule has 1 aliphatic heterocycles. The summed E-state index contributed by atoms with van der Waals surface area (Å²) in [7, 11) is -8.71. The Morgan fingerprint density at radius 1 is 1.08 bits per heavy atom. The van der Waals surface area contributed by atoms with Crippen LogP contribution in [0.5, 0.6) is 0 Å². The van der Waals surface area contributed by atoms with E-state index in [4.69, 9.17) is 17.5 Å². The molecule has 13 heavy (non-hydrogen) atoms. The van der Waals surface area contributed by atoms with Crippen molar-refractivity contribution in [3.63, 3.8) is 0 Å². The van der Waals surface area contributed by atoms with Gasteiger partial charge < -0.3 is 9.11 Å². The van der Waals surface area contributed by atoms with Gasteiger partial charge in [0.25, 0.3) is 0 Å². The summed E-state index contributed by atoms with van der Waals surface area (Å²) < 4.78 is 62.2. The summed E-state index contributed by atoms with van der Waals surface area (Å²) in [6.45, 7) is 0.310. The molecule has 0 aliphatic carbocycles. The first-order valence-electron chi connectivity index (χ1n) is 2.41. The molecule has 0 aromatic heterocycles. The molecule has 0 atom stereocenters. The molecule has 0 radical (unpaired) electrons. The second kappa shape index (κ2) is 6.48. The maximum Gasteiger partial charge on any atom is 2.00 e. The van der Waals surface area contributed by atoms with E-state index in [0.717, 1.165) is 0 Å². The molecular formula is C2H4CaO8S2. The Labute approximate surface area is 105 Å². The fraction of sp³-hybridized carbons (Fsp3) is 1.00. The van der Waals surface area contributed by atoms with Gasteiger partial charge in [-0.3, -0.25) is 8.42 Å². The smallest absolute Gasteiger partial charge is 0.759 e. The van der Waals surface area contributed by atoms with E-state index >= 15 is 0 Å². The van der Waals surface area contributed by atoms with Crippen LogP contribution in [-0.2, 0) is 29.2 Å². The Hall–Kier alpha value is 1.000. The minimum atomic E-state index is -5.17. The predicted molar refractivity (Wildman–Crippen MR) is 37.1 cm³/mol. The summed E-state index contributed by atoms with van der Waals surface area (Å²) in [4.78, 5) is 0. The topological polar surface area (TPSA) is 133 Å². The number of hydrogen-bond acceptors (Lipinski definition) is 8. The SMILES string of the molecule is O=S(=O)([O-])[O-].O=S1(=O)OCCO1.[Ca+2]. The molecule has 0 amide bonds. The van der Waals surface area contributed by atoms with Crippen molar-refractivity contribution in [3.05, 3.63) is 0 Å². The van der Waals surface area contributed by atoms with Crippen molar-refractivity contribution in [2.75, 3.05) is 13.2 Å². The van der Waals surface area contributed by atoms with Gasteiger partial charge in [-0.1, -0.05) is 0 Å². The molecule has 74 valence electrons. The van der Waals surface area contributed by atoms with Crippen LogP contribution in [0.3, 0.4) is 0 Å². The first kappa shape index (κ1) is 16.4. The Morgan fingerprint density at radius 3 is 1.38 bits per heavy atom. The Kier molecular flexibility index (Phi) is 8.19. The van der Waals surface area contributed by atoms with Crippen LogP contribution in [0.4, 0.5) is 0 Å². The van der Waals surface area contributed by atoms with Crippen molar-refractivity contribution >= 4 is 58.5 Å². The van der Waals surface area contributed by atoms with Gasteiger partial charge in [0.2, 0.25) is 0 Å². The Bertz CT molecular complexity index is 294. The zero-order chi connectivity index (χ0) is 9.83. The van der Waals surface area contributed by atoms with E-state index < -0.39 is 20.8 Å². The van der Waals surface area contributed by atoms with Crippen LogP contribution in [0.15, 0.2) is 0 Å². The second-order valence-corrected chi connectivity index (χ2v) is 3.56. The van der Waals surface area contributed by atoms with Crippen molar-refractivity contribution in [3.8, 4) is 0 Å². The van der Waals surface area contributed by atoms with E-state index in [1.165, 1.54) is 0 Å². The maximum atomic E-state index is 9.99. The van der Waals surface area contributed by atoms with Gasteiger partial charge in [-0.15, -0.1) is 0 Å². The first-order valence-corrected chi connectivity index (χ1v) is 5.08. The molecule has 1 fully saturated rings. The van der Waals surface area contributed by atoms with Crippen LogP contribution in [0.25, 0.3) is 0 Å². The zero-order valence-corrected chi connectivity index (χ0v) is 10.0. The van der Waals surface area contributed by atoms with Crippen LogP contribution in [-0.4, -0.2) is 76.9 Å². The minimum Gasteiger partial charge on any atom is -0.759 e. The third kappa shape index (κ3) is 15.7. The van der Waals surface area contributed by atoms with Gasteiger partial charge in [0.05, 0.1) is 13.2 Å². The number of rotatable bonds is 0. The van der Waals surface area contributed by atoms with E-state index in [2.05, 4.69) is 8.37 Å². The summed E-state index contributed by atoms with van der Waals surface area (Å²) in [5.74, 6) is 0. The summed E-state index contributed by atoms with van der Waals surface area (Å²) in [5, 5.41) is 0. The fourth-order valence-corrected chi connectivity index (χ4v) is 0.919. The molecule has 0 saturated carbocycles. The third-order valence-electron chi connectivity index (χ3n) is 0.539. The molecule has 8 nitrogen and oxygen atoms in total. The van der Waals surface area contributed by atoms with Crippen molar-refractivity contribution in [2.24, 2.45) is 0 Å². The predicted octanol–water partition coefficient (Wildman–Crippen LogP) is -2.44. The third-order valence-corrected chi connectivity index (χ3v) is 1.45. The van der Waals surface area contributed by atoms with Gasteiger partial charge in [0, 0.05) is 10.4 Å². The van der Waals surface area contributed by atoms with Gasteiger partial charge in [0.15, 0.2) is 0 Å². The molecule has 0 aromatic carbocycles. The van der Waals surface area contributed by atoms with E-state index in [1.807, 2.05) is 0 Å². The van der Waals surface area contributed by atoms with Gasteiger partial charge >= 0.3 is 48.1 Å². The zero-order valence-electron chi connectivity index (χ0n) is 6.20. The van der Waals surface area contributed by atoms with E-state index in [9.17, 15) is 8.42 Å². The van der Waals surface area contributed by atoms with Gasteiger partial charge in [-0.05, 0) is 0 Å². The summed E-state index contributed by atoms with van der Waals surface area (Å²) in [6.07, 6.45) is 0. The molecule has 0 unspecified atom stereocenters. The van der Waals surface area contributed by atoms with Crippen molar-refractivity contribution in [1.82, 2.24) is 0 Å². The molecule has 0 N–H and O–H groups in total. The summed E-state index contributed by atoms with van der Waals surface area (Å²) in [5.41, 5.74) is 0. The van der Waals surface area contributed by atoms with Crippen molar-refractivity contribution in [1.29, 1.82) is 0 Å². The van der Waals surface area contributed by atoms with Gasteiger partial charge in [-0.25, -0.2) is 8.37 Å². The van der Waals surface area contributed by atoms with Crippen LogP contribution >= 0.6 is 0 Å².